The molecule has 0 aromatic heterocycles. The van der Waals surface area contributed by atoms with Gasteiger partial charge in [0.25, 0.3) is 0 Å². The molecule has 0 saturated heterocycles. The van der Waals surface area contributed by atoms with Gasteiger partial charge in [-0.1, -0.05) is 27.2 Å². The van der Waals surface area contributed by atoms with Crippen LogP contribution in [-0.4, -0.2) is 27.6 Å². The molecule has 0 amide bonds. The largest absolute Gasteiger partial charge is 0.481 e. The fourth-order valence-electron chi connectivity index (χ4n) is 6.08. The number of ketones is 1. The van der Waals surface area contributed by atoms with Crippen LogP contribution in [0, 0.1) is 28.6 Å². The maximum absolute atomic E-state index is 12.6. The van der Waals surface area contributed by atoms with Crippen molar-refractivity contribution in [1.82, 2.24) is 0 Å². The Labute approximate surface area is 144 Å². The van der Waals surface area contributed by atoms with Crippen LogP contribution >= 0.6 is 0 Å². The highest BCUT2D eigenvalue weighted by Crippen LogP contribution is 2.64. The van der Waals surface area contributed by atoms with E-state index in [-0.39, 0.29) is 29.0 Å². The van der Waals surface area contributed by atoms with Crippen LogP contribution in [0.15, 0.2) is 11.6 Å². The zero-order valence-electron chi connectivity index (χ0n) is 15.3. The molecule has 2 fully saturated rings. The molecule has 0 aliphatic heterocycles. The molecule has 0 spiro atoms. The van der Waals surface area contributed by atoms with Crippen molar-refractivity contribution in [2.45, 2.75) is 71.8 Å². The summed E-state index contributed by atoms with van der Waals surface area (Å²) in [7, 11) is 0. The van der Waals surface area contributed by atoms with E-state index in [1.165, 1.54) is 0 Å². The van der Waals surface area contributed by atoms with Gasteiger partial charge in [0.2, 0.25) is 0 Å². The lowest BCUT2D eigenvalue weighted by atomic mass is 9.43. The van der Waals surface area contributed by atoms with E-state index in [0.717, 1.165) is 18.4 Å². The SMILES string of the molecule is CC(C)C1=C[C@]2(O)CC[C@H]3[C@](C)(CCC[C@@]3(C)C(=O)O)[C@@H]2CC1=O. The van der Waals surface area contributed by atoms with Crippen LogP contribution in [0.25, 0.3) is 0 Å². The van der Waals surface area contributed by atoms with Crippen molar-refractivity contribution in [3.05, 3.63) is 11.6 Å². The first kappa shape index (κ1) is 17.7. The number of Topliss-reactive ketones (excluding diaryl/α,β-unsaturated/α-hetero) is 1. The van der Waals surface area contributed by atoms with Crippen LogP contribution in [-0.2, 0) is 9.59 Å². The van der Waals surface area contributed by atoms with Gasteiger partial charge in [-0.25, -0.2) is 0 Å². The van der Waals surface area contributed by atoms with Crippen LogP contribution in [0.3, 0.4) is 0 Å². The van der Waals surface area contributed by atoms with Crippen LogP contribution in [0.1, 0.15) is 66.2 Å². The highest BCUT2D eigenvalue weighted by Gasteiger charge is 2.63. The molecule has 5 atom stereocenters. The van der Waals surface area contributed by atoms with Crippen molar-refractivity contribution in [3.63, 3.8) is 0 Å². The average molecular weight is 334 g/mol. The van der Waals surface area contributed by atoms with Gasteiger partial charge in [-0.2, -0.15) is 0 Å². The van der Waals surface area contributed by atoms with Gasteiger partial charge in [0.05, 0.1) is 11.0 Å². The van der Waals surface area contributed by atoms with Crippen LogP contribution in [0.5, 0.6) is 0 Å². The van der Waals surface area contributed by atoms with Crippen molar-refractivity contribution in [3.8, 4) is 0 Å². The molecule has 134 valence electrons. The number of hydrogen-bond donors (Lipinski definition) is 2. The quantitative estimate of drug-likeness (QED) is 0.809. The molecule has 0 heterocycles. The minimum atomic E-state index is -0.963. The predicted octanol–water partition coefficient (Wildman–Crippen LogP) is 3.58. The van der Waals surface area contributed by atoms with Gasteiger partial charge < -0.3 is 10.2 Å². The van der Waals surface area contributed by atoms with Crippen LogP contribution < -0.4 is 0 Å². The number of fused-ring (bicyclic) bond motifs is 3. The molecule has 4 nitrogen and oxygen atoms in total. The minimum Gasteiger partial charge on any atom is -0.481 e. The number of hydrogen-bond acceptors (Lipinski definition) is 3. The fraction of sp³-hybridized carbons (Fsp3) is 0.800. The Bertz CT molecular complexity index is 607. The van der Waals surface area contributed by atoms with Gasteiger partial charge >= 0.3 is 5.97 Å². The Balaban J connectivity index is 2.05. The summed E-state index contributed by atoms with van der Waals surface area (Å²) in [6.07, 6.45) is 5.87. The monoisotopic (exact) mass is 334 g/mol. The van der Waals surface area contributed by atoms with E-state index in [1.54, 1.807) is 0 Å². The second-order valence-corrected chi connectivity index (χ2v) is 9.10. The Morgan fingerprint density at radius 3 is 2.46 bits per heavy atom. The van der Waals surface area contributed by atoms with Crippen LogP contribution in [0.2, 0.25) is 0 Å². The summed E-state index contributed by atoms with van der Waals surface area (Å²) in [5, 5.41) is 21.2. The smallest absolute Gasteiger partial charge is 0.309 e. The van der Waals surface area contributed by atoms with Crippen LogP contribution in [0.4, 0.5) is 0 Å². The molecular formula is C20H30O4. The number of rotatable bonds is 2. The van der Waals surface area contributed by atoms with E-state index in [2.05, 4.69) is 6.92 Å². The van der Waals surface area contributed by atoms with Gasteiger partial charge in [0.1, 0.15) is 0 Å². The van der Waals surface area contributed by atoms with Gasteiger partial charge in [-0.3, -0.25) is 9.59 Å². The maximum atomic E-state index is 12.6. The first-order chi connectivity index (χ1) is 11.0. The molecule has 0 aromatic carbocycles. The van der Waals surface area contributed by atoms with Gasteiger partial charge in [-0.15, -0.1) is 0 Å². The third-order valence-corrected chi connectivity index (χ3v) is 7.44. The molecule has 24 heavy (non-hydrogen) atoms. The standard InChI is InChI=1S/C20H30O4/c1-12(2)13-11-20(24)9-6-15-18(3,16(20)10-14(13)21)7-5-8-19(15,4)17(22)23/h11-12,15-16,24H,5-10H2,1-4H3,(H,22,23)/t15-,16-,18-,19+,20+/m0/s1. The number of carboxylic acid groups (broad SMARTS) is 1. The van der Waals surface area contributed by atoms with Crippen molar-refractivity contribution >= 4 is 11.8 Å². The third-order valence-electron chi connectivity index (χ3n) is 7.44. The second kappa shape index (κ2) is 5.42. The molecule has 2 N–H and O–H groups in total. The Morgan fingerprint density at radius 2 is 1.88 bits per heavy atom. The molecule has 0 aromatic rings. The highest BCUT2D eigenvalue weighted by molar-refractivity contribution is 5.97. The van der Waals surface area contributed by atoms with Crippen molar-refractivity contribution in [2.24, 2.45) is 28.6 Å². The average Bonchev–Trinajstić information content (AvgIpc) is 2.47. The lowest BCUT2D eigenvalue weighted by Crippen LogP contribution is -2.61. The van der Waals surface area contributed by atoms with E-state index >= 15 is 0 Å². The summed E-state index contributed by atoms with van der Waals surface area (Å²) in [4.78, 5) is 24.6. The topological polar surface area (TPSA) is 74.6 Å². The van der Waals surface area contributed by atoms with E-state index in [4.69, 9.17) is 0 Å². The summed E-state index contributed by atoms with van der Waals surface area (Å²) < 4.78 is 0. The normalized spacial score (nSPS) is 45.4. The van der Waals surface area contributed by atoms with Crippen molar-refractivity contribution < 1.29 is 19.8 Å². The molecule has 2 saturated carbocycles. The Hall–Kier alpha value is -1.16. The van der Waals surface area contributed by atoms with Gasteiger partial charge in [0.15, 0.2) is 5.78 Å². The van der Waals surface area contributed by atoms with E-state index in [0.29, 0.717) is 25.7 Å². The molecule has 0 bridgehead atoms. The summed E-state index contributed by atoms with van der Waals surface area (Å²) in [5.41, 5.74) is -1.27. The molecular weight excluding hydrogens is 304 g/mol. The molecule has 0 unspecified atom stereocenters. The first-order valence-electron chi connectivity index (χ1n) is 9.26. The number of aliphatic hydroxyl groups is 1. The summed E-state index contributed by atoms with van der Waals surface area (Å²) in [5.74, 6) is -0.641. The summed E-state index contributed by atoms with van der Waals surface area (Å²) >= 11 is 0. The second-order valence-electron chi connectivity index (χ2n) is 9.10. The number of carbonyl (C=O) groups excluding carboxylic acids is 1. The minimum absolute atomic E-state index is 0.0170. The zero-order chi connectivity index (χ0) is 17.9. The number of allylic oxidation sites excluding steroid dienone is 1. The Kier molecular flexibility index (Phi) is 3.99. The Morgan fingerprint density at radius 1 is 1.21 bits per heavy atom. The van der Waals surface area contributed by atoms with E-state index in [9.17, 15) is 19.8 Å². The molecule has 3 aliphatic rings. The lowest BCUT2D eigenvalue weighted by molar-refractivity contribution is -0.186. The molecule has 3 aliphatic carbocycles. The predicted molar refractivity (Wildman–Crippen MR) is 91.4 cm³/mol. The molecule has 3 rings (SSSR count). The summed E-state index contributed by atoms with van der Waals surface area (Å²) in [6.45, 7) is 7.96. The number of carboxylic acids is 1. The first-order valence-corrected chi connectivity index (χ1v) is 9.26. The zero-order valence-corrected chi connectivity index (χ0v) is 15.3. The lowest BCUT2D eigenvalue weighted by Gasteiger charge is -2.61. The molecule has 0 radical (unpaired) electrons. The number of carbonyl (C=O) groups is 2. The molecule has 4 heteroatoms. The highest BCUT2D eigenvalue weighted by atomic mass is 16.4. The van der Waals surface area contributed by atoms with Gasteiger partial charge in [0, 0.05) is 12.3 Å². The van der Waals surface area contributed by atoms with E-state index in [1.807, 2.05) is 26.8 Å². The maximum Gasteiger partial charge on any atom is 0.309 e. The third kappa shape index (κ3) is 2.29. The van der Waals surface area contributed by atoms with Gasteiger partial charge in [-0.05, 0) is 61.5 Å². The fourth-order valence-corrected chi connectivity index (χ4v) is 6.08. The number of aliphatic carboxylic acids is 1. The van der Waals surface area contributed by atoms with Crippen molar-refractivity contribution in [2.75, 3.05) is 0 Å². The van der Waals surface area contributed by atoms with E-state index < -0.39 is 17.0 Å². The summed E-state index contributed by atoms with van der Waals surface area (Å²) in [6, 6.07) is 0. The van der Waals surface area contributed by atoms with Crippen molar-refractivity contribution in [1.29, 1.82) is 0 Å².